The number of nitrogens with zero attached hydrogens (tertiary/aromatic N) is 2. The minimum absolute atomic E-state index is 0.122. The Bertz CT molecular complexity index is 1540. The molecule has 0 atom stereocenters. The van der Waals surface area contributed by atoms with E-state index in [4.69, 9.17) is 9.97 Å². The van der Waals surface area contributed by atoms with Gasteiger partial charge in [-0.15, -0.1) is 11.3 Å². The van der Waals surface area contributed by atoms with Gasteiger partial charge in [0.2, 0.25) is 5.91 Å². The highest BCUT2D eigenvalue weighted by atomic mass is 32.1. The molecule has 166 valence electrons. The molecule has 34 heavy (non-hydrogen) atoms. The van der Waals surface area contributed by atoms with Crippen LogP contribution in [0.25, 0.3) is 32.6 Å². The molecule has 2 N–H and O–H groups in total. The number of fused-ring (bicyclic) bond motifs is 4. The zero-order valence-electron chi connectivity index (χ0n) is 18.3. The van der Waals surface area contributed by atoms with Crippen LogP contribution in [0.3, 0.4) is 0 Å². The lowest BCUT2D eigenvalue weighted by Gasteiger charge is -2.21. The van der Waals surface area contributed by atoms with E-state index in [-0.39, 0.29) is 18.1 Å². The summed E-state index contributed by atoms with van der Waals surface area (Å²) < 4.78 is 0. The van der Waals surface area contributed by atoms with Gasteiger partial charge in [-0.3, -0.25) is 4.79 Å². The number of carbonyl (C=O) groups is 1. The topological polar surface area (TPSA) is 75.1 Å². The summed E-state index contributed by atoms with van der Waals surface area (Å²) in [5.41, 5.74) is 5.34. The first-order chi connectivity index (χ1) is 16.6. The van der Waals surface area contributed by atoms with Crippen LogP contribution in [-0.2, 0) is 24.1 Å². The van der Waals surface area contributed by atoms with Gasteiger partial charge in [0.15, 0.2) is 5.82 Å². The largest absolute Gasteiger partial charge is 0.508 e. The van der Waals surface area contributed by atoms with Crippen LogP contribution in [0.15, 0.2) is 78.2 Å². The summed E-state index contributed by atoms with van der Waals surface area (Å²) in [7, 11) is 0. The molecule has 0 fully saturated rings. The van der Waals surface area contributed by atoms with E-state index < -0.39 is 0 Å². The number of benzene rings is 3. The number of hydrogen-bond donors (Lipinski definition) is 2. The fourth-order valence-corrected chi connectivity index (χ4v) is 5.23. The predicted octanol–water partition coefficient (Wildman–Crippen LogP) is 6.01. The highest BCUT2D eigenvalue weighted by Crippen LogP contribution is 2.38. The number of phenolic OH excluding ortho intramolecular Hbond substituents is 1. The molecule has 5 aromatic rings. The van der Waals surface area contributed by atoms with Gasteiger partial charge in [-0.1, -0.05) is 48.5 Å². The molecule has 2 aromatic heterocycles. The van der Waals surface area contributed by atoms with Gasteiger partial charge in [0.05, 0.1) is 22.7 Å². The van der Waals surface area contributed by atoms with E-state index in [1.54, 1.807) is 23.5 Å². The molecule has 3 aromatic carbocycles. The second-order valence-corrected chi connectivity index (χ2v) is 9.39. The van der Waals surface area contributed by atoms with E-state index in [0.29, 0.717) is 17.9 Å². The summed E-state index contributed by atoms with van der Waals surface area (Å²) in [5, 5.41) is 17.2. The Balaban J connectivity index is 1.35. The normalized spacial score (nSPS) is 12.2. The average Bonchev–Trinajstić information content (AvgIpc) is 3.38. The van der Waals surface area contributed by atoms with Crippen molar-refractivity contribution in [3.8, 4) is 27.6 Å². The number of aryl methyl sites for hydroxylation is 2. The maximum atomic E-state index is 13.0. The van der Waals surface area contributed by atoms with Crippen molar-refractivity contribution in [1.29, 1.82) is 0 Å². The fraction of sp³-hybridized carbons (Fsp3) is 0.107. The molecule has 0 spiro atoms. The predicted molar refractivity (Wildman–Crippen MR) is 136 cm³/mol. The second kappa shape index (κ2) is 8.39. The monoisotopic (exact) mass is 463 g/mol. The third-order valence-corrected chi connectivity index (χ3v) is 7.01. The van der Waals surface area contributed by atoms with Crippen LogP contribution in [0.4, 0.5) is 5.82 Å². The molecule has 0 bridgehead atoms. The number of hydrogen-bond acceptors (Lipinski definition) is 5. The number of carbonyl (C=O) groups excluding carboxylic acids is 1. The van der Waals surface area contributed by atoms with Gasteiger partial charge in [-0.05, 0) is 64.4 Å². The second-order valence-electron chi connectivity index (χ2n) is 8.44. The van der Waals surface area contributed by atoms with Crippen LogP contribution in [0, 0.1) is 0 Å². The SMILES string of the molecule is O=C(Cc1ccc2ccccc2c1)Nc1nc2c(nc1-c1cccs1)-c1ccc(O)cc1CC2. The van der Waals surface area contributed by atoms with Crippen LogP contribution >= 0.6 is 11.3 Å². The number of anilines is 1. The lowest BCUT2D eigenvalue weighted by molar-refractivity contribution is -0.115. The van der Waals surface area contributed by atoms with Gasteiger partial charge in [0, 0.05) is 5.56 Å². The molecule has 0 saturated carbocycles. The van der Waals surface area contributed by atoms with E-state index in [2.05, 4.69) is 23.5 Å². The van der Waals surface area contributed by atoms with Gasteiger partial charge in [-0.2, -0.15) is 0 Å². The summed E-state index contributed by atoms with van der Waals surface area (Å²) >= 11 is 1.56. The van der Waals surface area contributed by atoms with Gasteiger partial charge >= 0.3 is 0 Å². The molecule has 5 nitrogen and oxygen atoms in total. The van der Waals surface area contributed by atoms with Crippen molar-refractivity contribution < 1.29 is 9.90 Å². The molecule has 2 heterocycles. The lowest BCUT2D eigenvalue weighted by atomic mass is 9.91. The Morgan fingerprint density at radius 3 is 2.65 bits per heavy atom. The minimum atomic E-state index is -0.122. The molecule has 1 amide bonds. The average molecular weight is 464 g/mol. The maximum Gasteiger partial charge on any atom is 0.230 e. The number of aromatic nitrogens is 2. The van der Waals surface area contributed by atoms with Gasteiger partial charge in [0.1, 0.15) is 11.4 Å². The molecule has 0 unspecified atom stereocenters. The van der Waals surface area contributed by atoms with Crippen LogP contribution in [0.2, 0.25) is 0 Å². The molecule has 1 aliphatic rings. The maximum absolute atomic E-state index is 13.0. The third kappa shape index (κ3) is 3.82. The molecular formula is C28H21N3O2S. The Morgan fingerprint density at radius 2 is 1.79 bits per heavy atom. The molecular weight excluding hydrogens is 442 g/mol. The standard InChI is InChI=1S/C28H21N3O2S/c32-21-10-11-22-20(16-21)9-12-23-26(22)31-27(24-6-3-13-34-24)28(29-23)30-25(33)15-17-7-8-18-4-1-2-5-19(18)14-17/h1-8,10-11,13-14,16,32H,9,12,15H2,(H,29,30,33). The summed E-state index contributed by atoms with van der Waals surface area (Å²) in [6.45, 7) is 0. The molecule has 0 saturated heterocycles. The fourth-order valence-electron chi connectivity index (χ4n) is 4.51. The molecule has 6 heteroatoms. The van der Waals surface area contributed by atoms with Crippen molar-refractivity contribution in [3.05, 3.63) is 95.0 Å². The van der Waals surface area contributed by atoms with Crippen molar-refractivity contribution in [3.63, 3.8) is 0 Å². The number of thiophene rings is 1. The molecule has 6 rings (SSSR count). The first-order valence-corrected chi connectivity index (χ1v) is 12.1. The van der Waals surface area contributed by atoms with Crippen LogP contribution in [-0.4, -0.2) is 21.0 Å². The molecule has 0 radical (unpaired) electrons. The van der Waals surface area contributed by atoms with E-state index >= 15 is 0 Å². The van der Waals surface area contributed by atoms with Crippen molar-refractivity contribution >= 4 is 33.8 Å². The van der Waals surface area contributed by atoms with E-state index in [0.717, 1.165) is 50.1 Å². The highest BCUT2D eigenvalue weighted by molar-refractivity contribution is 7.13. The zero-order valence-corrected chi connectivity index (χ0v) is 19.1. The third-order valence-electron chi connectivity index (χ3n) is 6.13. The molecule has 0 aliphatic heterocycles. The van der Waals surface area contributed by atoms with Crippen molar-refractivity contribution in [2.24, 2.45) is 0 Å². The lowest BCUT2D eigenvalue weighted by Crippen LogP contribution is -2.18. The highest BCUT2D eigenvalue weighted by Gasteiger charge is 2.23. The van der Waals surface area contributed by atoms with E-state index in [1.165, 1.54) is 0 Å². The minimum Gasteiger partial charge on any atom is -0.508 e. The summed E-state index contributed by atoms with van der Waals surface area (Å²) in [6.07, 6.45) is 1.74. The van der Waals surface area contributed by atoms with Crippen molar-refractivity contribution in [2.75, 3.05) is 5.32 Å². The quantitative estimate of drug-likeness (QED) is 0.342. The number of nitrogens with one attached hydrogen (secondary N) is 1. The van der Waals surface area contributed by atoms with Gasteiger partial charge < -0.3 is 10.4 Å². The first kappa shape index (κ1) is 20.6. The first-order valence-electron chi connectivity index (χ1n) is 11.2. The van der Waals surface area contributed by atoms with Gasteiger partial charge in [-0.25, -0.2) is 9.97 Å². The summed E-state index contributed by atoms with van der Waals surface area (Å²) in [6, 6.07) is 23.5. The van der Waals surface area contributed by atoms with Gasteiger partial charge in [0.25, 0.3) is 0 Å². The zero-order chi connectivity index (χ0) is 23.1. The van der Waals surface area contributed by atoms with E-state index in [1.807, 2.05) is 47.8 Å². The Kier molecular flexibility index (Phi) is 5.08. The molecule has 1 aliphatic carbocycles. The number of amides is 1. The van der Waals surface area contributed by atoms with E-state index in [9.17, 15) is 9.90 Å². The van der Waals surface area contributed by atoms with Crippen molar-refractivity contribution in [1.82, 2.24) is 9.97 Å². The smallest absolute Gasteiger partial charge is 0.230 e. The Morgan fingerprint density at radius 1 is 0.912 bits per heavy atom. The van der Waals surface area contributed by atoms with Crippen LogP contribution < -0.4 is 5.32 Å². The summed E-state index contributed by atoms with van der Waals surface area (Å²) in [5.74, 6) is 0.629. The number of phenols is 1. The van der Waals surface area contributed by atoms with Crippen LogP contribution in [0.1, 0.15) is 16.8 Å². The Labute approximate surface area is 200 Å². The Hall–Kier alpha value is -4.03. The van der Waals surface area contributed by atoms with Crippen molar-refractivity contribution in [2.45, 2.75) is 19.3 Å². The summed E-state index contributed by atoms with van der Waals surface area (Å²) in [4.78, 5) is 23.8. The number of aromatic hydroxyl groups is 1. The number of rotatable bonds is 4. The van der Waals surface area contributed by atoms with Crippen LogP contribution in [0.5, 0.6) is 5.75 Å².